The first-order valence-electron chi connectivity index (χ1n) is 12.7. The summed E-state index contributed by atoms with van der Waals surface area (Å²) in [6, 6.07) is 16.2. The molecule has 41 heavy (non-hydrogen) atoms. The van der Waals surface area contributed by atoms with Crippen LogP contribution in [0.25, 0.3) is 6.08 Å². The molecule has 1 aliphatic heterocycles. The van der Waals surface area contributed by atoms with Gasteiger partial charge in [0, 0.05) is 0 Å². The highest BCUT2D eigenvalue weighted by atomic mass is 79.9. The molecule has 8 nitrogen and oxygen atoms in total. The Morgan fingerprint density at radius 1 is 1.05 bits per heavy atom. The van der Waals surface area contributed by atoms with Crippen LogP contribution in [0.2, 0.25) is 5.02 Å². The molecule has 1 N–H and O–H groups in total. The number of amides is 3. The Labute approximate surface area is 256 Å². The topological polar surface area (TPSA) is 94.2 Å². The van der Waals surface area contributed by atoms with Crippen molar-refractivity contribution in [1.82, 2.24) is 4.90 Å². The predicted octanol–water partition coefficient (Wildman–Crippen LogP) is 7.25. The summed E-state index contributed by atoms with van der Waals surface area (Å²) in [5, 5.41) is 2.76. The summed E-state index contributed by atoms with van der Waals surface area (Å²) in [7, 11) is 0. The summed E-state index contributed by atoms with van der Waals surface area (Å²) in [6.07, 6.45) is 1.62. The molecule has 0 bridgehead atoms. The maximum absolute atomic E-state index is 13.0. The fourth-order valence-electron chi connectivity index (χ4n) is 3.91. The van der Waals surface area contributed by atoms with Crippen molar-refractivity contribution in [3.05, 3.63) is 85.7 Å². The monoisotopic (exact) mass is 658 g/mol. The molecule has 3 amide bonds. The van der Waals surface area contributed by atoms with E-state index in [9.17, 15) is 14.4 Å². The van der Waals surface area contributed by atoms with E-state index in [1.165, 1.54) is 4.90 Å². The molecule has 4 rings (SSSR count). The number of hydrogen-bond donors (Lipinski definition) is 1. The number of carbonyl (C=O) groups is 3. The van der Waals surface area contributed by atoms with Crippen LogP contribution < -0.4 is 19.5 Å². The Balaban J connectivity index is 1.43. The van der Waals surface area contributed by atoms with E-state index >= 15 is 0 Å². The van der Waals surface area contributed by atoms with E-state index in [1.807, 2.05) is 39.0 Å². The van der Waals surface area contributed by atoms with Crippen LogP contribution in [-0.4, -0.2) is 48.3 Å². The number of anilines is 1. The molecule has 0 saturated carbocycles. The highest BCUT2D eigenvalue weighted by Gasteiger charge is 2.35. The molecule has 0 radical (unpaired) electrons. The number of aryl methyl sites for hydroxylation is 2. The van der Waals surface area contributed by atoms with Crippen LogP contribution >= 0.6 is 39.3 Å². The Kier molecular flexibility index (Phi) is 10.4. The second-order valence-electron chi connectivity index (χ2n) is 9.03. The van der Waals surface area contributed by atoms with E-state index < -0.39 is 11.8 Å². The highest BCUT2D eigenvalue weighted by molar-refractivity contribution is 9.10. The van der Waals surface area contributed by atoms with Crippen LogP contribution in [0.5, 0.6) is 17.2 Å². The molecule has 0 aliphatic carbocycles. The number of benzene rings is 3. The Morgan fingerprint density at radius 3 is 2.59 bits per heavy atom. The molecule has 11 heteroatoms. The zero-order valence-electron chi connectivity index (χ0n) is 22.7. The minimum absolute atomic E-state index is 0.131. The number of hydrogen-bond acceptors (Lipinski definition) is 7. The van der Waals surface area contributed by atoms with Crippen molar-refractivity contribution < 1.29 is 28.6 Å². The van der Waals surface area contributed by atoms with Gasteiger partial charge in [0.1, 0.15) is 12.4 Å². The SMILES string of the molecule is CCOc1cc(/C=C2\SC(=O)N(CCOc3cc(C)ccc3C)C2=O)cc(Br)c1OCC(=O)Nc1ccccc1Cl. The summed E-state index contributed by atoms with van der Waals surface area (Å²) in [5.41, 5.74) is 3.14. The standard InChI is InChI=1S/C30H28BrClN2O6S/c1-4-38-25-15-20(14-21(31)28(25)40-17-27(35)33-23-8-6-5-7-22(23)32)16-26-29(36)34(30(37)41-26)11-12-39-24-13-18(2)9-10-19(24)3/h5-10,13-16H,4,11-12,17H2,1-3H3,(H,33,35)/b26-16-. The molecule has 1 saturated heterocycles. The first-order chi connectivity index (χ1) is 19.7. The summed E-state index contributed by atoms with van der Waals surface area (Å²) in [6.45, 7) is 6.11. The number of carbonyl (C=O) groups excluding carboxylic acids is 3. The van der Waals surface area contributed by atoms with Crippen LogP contribution in [0.3, 0.4) is 0 Å². The Bertz CT molecular complexity index is 1510. The minimum Gasteiger partial charge on any atom is -0.491 e. The summed E-state index contributed by atoms with van der Waals surface area (Å²) in [5.74, 6) is 0.640. The van der Waals surface area contributed by atoms with Gasteiger partial charge in [-0.25, -0.2) is 0 Å². The summed E-state index contributed by atoms with van der Waals surface area (Å²) in [4.78, 5) is 39.6. The molecule has 0 unspecified atom stereocenters. The maximum atomic E-state index is 13.0. The van der Waals surface area contributed by atoms with Crippen LogP contribution in [-0.2, 0) is 9.59 Å². The maximum Gasteiger partial charge on any atom is 0.293 e. The molecular weight excluding hydrogens is 632 g/mol. The van der Waals surface area contributed by atoms with E-state index in [-0.39, 0.29) is 29.9 Å². The molecule has 0 aromatic heterocycles. The quantitative estimate of drug-likeness (QED) is 0.217. The van der Waals surface area contributed by atoms with Gasteiger partial charge in [0.25, 0.3) is 17.1 Å². The van der Waals surface area contributed by atoms with Gasteiger partial charge in [-0.05, 0) is 102 Å². The Hall–Kier alpha value is -3.47. The second-order valence-corrected chi connectivity index (χ2v) is 11.3. The van der Waals surface area contributed by atoms with Crippen LogP contribution in [0.1, 0.15) is 23.6 Å². The summed E-state index contributed by atoms with van der Waals surface area (Å²) >= 11 is 10.5. The fourth-order valence-corrected chi connectivity index (χ4v) is 5.54. The molecule has 0 spiro atoms. The van der Waals surface area contributed by atoms with Crippen molar-refractivity contribution in [3.8, 4) is 17.2 Å². The van der Waals surface area contributed by atoms with Crippen molar-refractivity contribution in [2.45, 2.75) is 20.8 Å². The van der Waals surface area contributed by atoms with E-state index in [2.05, 4.69) is 21.2 Å². The van der Waals surface area contributed by atoms with E-state index in [4.69, 9.17) is 25.8 Å². The normalized spacial score (nSPS) is 14.0. The molecule has 3 aromatic rings. The van der Waals surface area contributed by atoms with Gasteiger partial charge >= 0.3 is 0 Å². The molecule has 3 aromatic carbocycles. The smallest absolute Gasteiger partial charge is 0.293 e. The van der Waals surface area contributed by atoms with E-state index in [0.717, 1.165) is 28.6 Å². The highest BCUT2D eigenvalue weighted by Crippen LogP contribution is 2.39. The van der Waals surface area contributed by atoms with Crippen LogP contribution in [0, 0.1) is 13.8 Å². The molecule has 1 fully saturated rings. The lowest BCUT2D eigenvalue weighted by atomic mass is 10.1. The van der Waals surface area contributed by atoms with Gasteiger partial charge in [-0.3, -0.25) is 19.3 Å². The number of ether oxygens (including phenoxy) is 3. The summed E-state index contributed by atoms with van der Waals surface area (Å²) < 4.78 is 17.9. The van der Waals surface area contributed by atoms with Crippen molar-refractivity contribution in [1.29, 1.82) is 0 Å². The van der Waals surface area contributed by atoms with Crippen LogP contribution in [0.4, 0.5) is 10.5 Å². The van der Waals surface area contributed by atoms with Gasteiger partial charge in [0.05, 0.1) is 33.2 Å². The van der Waals surface area contributed by atoms with Gasteiger partial charge in [-0.15, -0.1) is 0 Å². The lowest BCUT2D eigenvalue weighted by Gasteiger charge is -2.15. The Morgan fingerprint density at radius 2 is 1.83 bits per heavy atom. The van der Waals surface area contributed by atoms with Crippen molar-refractivity contribution >= 4 is 68.1 Å². The number of rotatable bonds is 11. The number of halogens is 2. The van der Waals surface area contributed by atoms with Crippen molar-refractivity contribution in [2.75, 3.05) is 31.7 Å². The van der Waals surface area contributed by atoms with Crippen molar-refractivity contribution in [2.24, 2.45) is 0 Å². The van der Waals surface area contributed by atoms with Gasteiger partial charge in [-0.2, -0.15) is 0 Å². The molecule has 1 heterocycles. The average molecular weight is 660 g/mol. The lowest BCUT2D eigenvalue weighted by molar-refractivity contribution is -0.123. The third-order valence-corrected chi connectivity index (χ3v) is 7.74. The number of imide groups is 1. The van der Waals surface area contributed by atoms with E-state index in [0.29, 0.717) is 38.9 Å². The zero-order valence-corrected chi connectivity index (χ0v) is 25.8. The number of nitrogens with zero attached hydrogens (tertiary/aromatic N) is 1. The largest absolute Gasteiger partial charge is 0.491 e. The average Bonchev–Trinajstić information content (AvgIpc) is 3.19. The number of nitrogens with one attached hydrogen (secondary N) is 1. The lowest BCUT2D eigenvalue weighted by Crippen LogP contribution is -2.32. The fraction of sp³-hybridized carbons (Fsp3) is 0.233. The van der Waals surface area contributed by atoms with Crippen molar-refractivity contribution in [3.63, 3.8) is 0 Å². The number of para-hydroxylation sites is 1. The number of thioether (sulfide) groups is 1. The van der Waals surface area contributed by atoms with Crippen LogP contribution in [0.15, 0.2) is 64.0 Å². The van der Waals surface area contributed by atoms with Gasteiger partial charge < -0.3 is 19.5 Å². The second kappa shape index (κ2) is 13.9. The van der Waals surface area contributed by atoms with Gasteiger partial charge in [-0.1, -0.05) is 35.9 Å². The van der Waals surface area contributed by atoms with E-state index in [1.54, 1.807) is 42.5 Å². The van der Waals surface area contributed by atoms with Gasteiger partial charge in [0.15, 0.2) is 18.1 Å². The predicted molar refractivity (Wildman–Crippen MR) is 165 cm³/mol. The first kappa shape index (κ1) is 30.5. The first-order valence-corrected chi connectivity index (χ1v) is 14.7. The molecule has 1 aliphatic rings. The van der Waals surface area contributed by atoms with Gasteiger partial charge in [0.2, 0.25) is 0 Å². The third kappa shape index (κ3) is 7.84. The zero-order chi connectivity index (χ0) is 29.5. The third-order valence-electron chi connectivity index (χ3n) is 5.91. The molecule has 214 valence electrons. The minimum atomic E-state index is -0.397. The molecular formula is C30H28BrClN2O6S. The molecule has 0 atom stereocenters.